The van der Waals surface area contributed by atoms with Gasteiger partial charge < -0.3 is 15.5 Å². The standard InChI is InChI=1S/C12H9ClFN5/c13-7-1-2-9(8(14)5-7)17-11-12-16-3-4-19(12)6-10(15)18-11/h1-6H,15H2,(H,17,18). The van der Waals surface area contributed by atoms with E-state index in [0.717, 1.165) is 0 Å². The van der Waals surface area contributed by atoms with Crippen molar-refractivity contribution in [2.75, 3.05) is 11.1 Å². The van der Waals surface area contributed by atoms with Gasteiger partial charge in [0.15, 0.2) is 11.5 Å². The predicted molar refractivity (Wildman–Crippen MR) is 72.1 cm³/mol. The lowest BCUT2D eigenvalue weighted by Crippen LogP contribution is -2.03. The molecule has 0 atom stereocenters. The number of anilines is 3. The number of rotatable bonds is 2. The molecule has 3 N–H and O–H groups in total. The van der Waals surface area contributed by atoms with Crippen LogP contribution in [0, 0.1) is 5.82 Å². The second-order valence-corrected chi connectivity index (χ2v) is 4.36. The fourth-order valence-corrected chi connectivity index (χ4v) is 1.91. The highest BCUT2D eigenvalue weighted by atomic mass is 35.5. The lowest BCUT2D eigenvalue weighted by Gasteiger charge is -2.09. The van der Waals surface area contributed by atoms with Gasteiger partial charge in [-0.1, -0.05) is 11.6 Å². The Morgan fingerprint density at radius 1 is 1.37 bits per heavy atom. The van der Waals surface area contributed by atoms with Crippen LogP contribution >= 0.6 is 11.6 Å². The van der Waals surface area contributed by atoms with E-state index < -0.39 is 5.82 Å². The van der Waals surface area contributed by atoms with Crippen LogP contribution in [-0.4, -0.2) is 14.4 Å². The molecule has 3 rings (SSSR count). The van der Waals surface area contributed by atoms with Crippen molar-refractivity contribution >= 4 is 34.6 Å². The summed E-state index contributed by atoms with van der Waals surface area (Å²) >= 11 is 5.70. The molecular formula is C12H9ClFN5. The molecule has 0 aliphatic heterocycles. The van der Waals surface area contributed by atoms with Crippen LogP contribution in [0.1, 0.15) is 0 Å². The van der Waals surface area contributed by atoms with Crippen molar-refractivity contribution in [1.82, 2.24) is 14.4 Å². The molecule has 0 amide bonds. The molecular weight excluding hydrogens is 269 g/mol. The summed E-state index contributed by atoms with van der Waals surface area (Å²) in [5.41, 5.74) is 6.50. The monoisotopic (exact) mass is 277 g/mol. The zero-order valence-corrected chi connectivity index (χ0v) is 10.4. The first kappa shape index (κ1) is 11.7. The van der Waals surface area contributed by atoms with Gasteiger partial charge in [0.25, 0.3) is 0 Å². The van der Waals surface area contributed by atoms with Crippen molar-refractivity contribution < 1.29 is 4.39 Å². The number of hydrogen-bond donors (Lipinski definition) is 2. The largest absolute Gasteiger partial charge is 0.382 e. The summed E-state index contributed by atoms with van der Waals surface area (Å²) in [5, 5.41) is 3.19. The van der Waals surface area contributed by atoms with E-state index in [1.54, 1.807) is 29.1 Å². The van der Waals surface area contributed by atoms with Gasteiger partial charge in [-0.15, -0.1) is 0 Å². The van der Waals surface area contributed by atoms with E-state index in [1.165, 1.54) is 12.1 Å². The zero-order chi connectivity index (χ0) is 13.4. The van der Waals surface area contributed by atoms with Gasteiger partial charge in [-0.25, -0.2) is 14.4 Å². The van der Waals surface area contributed by atoms with Crippen LogP contribution in [0.15, 0.2) is 36.8 Å². The van der Waals surface area contributed by atoms with Crippen molar-refractivity contribution in [2.24, 2.45) is 0 Å². The number of fused-ring (bicyclic) bond motifs is 1. The topological polar surface area (TPSA) is 68.2 Å². The van der Waals surface area contributed by atoms with Crippen molar-refractivity contribution in [3.63, 3.8) is 0 Å². The first-order valence-electron chi connectivity index (χ1n) is 5.45. The molecule has 19 heavy (non-hydrogen) atoms. The van der Waals surface area contributed by atoms with Crippen LogP contribution in [0.4, 0.5) is 21.7 Å². The normalized spacial score (nSPS) is 10.8. The van der Waals surface area contributed by atoms with Crippen molar-refractivity contribution in [3.05, 3.63) is 47.6 Å². The Labute approximate surface area is 112 Å². The molecule has 0 saturated carbocycles. The SMILES string of the molecule is Nc1cn2ccnc2c(Nc2ccc(Cl)cc2F)n1. The maximum Gasteiger partial charge on any atom is 0.180 e. The first-order valence-corrected chi connectivity index (χ1v) is 5.82. The fourth-order valence-electron chi connectivity index (χ4n) is 1.75. The molecule has 0 aliphatic carbocycles. The quantitative estimate of drug-likeness (QED) is 0.756. The van der Waals surface area contributed by atoms with E-state index in [-0.39, 0.29) is 5.69 Å². The Bertz CT molecular complexity index is 755. The summed E-state index contributed by atoms with van der Waals surface area (Å²) in [6.07, 6.45) is 4.97. The molecule has 0 radical (unpaired) electrons. The molecule has 1 aromatic carbocycles. The van der Waals surface area contributed by atoms with Crippen LogP contribution in [0.2, 0.25) is 5.02 Å². The fraction of sp³-hybridized carbons (Fsp3) is 0. The van der Waals surface area contributed by atoms with Crippen LogP contribution in [0.25, 0.3) is 5.65 Å². The van der Waals surface area contributed by atoms with Crippen LogP contribution in [0.3, 0.4) is 0 Å². The number of imidazole rings is 1. The van der Waals surface area contributed by atoms with Gasteiger partial charge in [-0.2, -0.15) is 0 Å². The van der Waals surface area contributed by atoms with Gasteiger partial charge in [-0.3, -0.25) is 0 Å². The molecule has 0 unspecified atom stereocenters. The average molecular weight is 278 g/mol. The molecule has 96 valence electrons. The number of nitrogens with zero attached hydrogens (tertiary/aromatic N) is 3. The molecule has 0 saturated heterocycles. The van der Waals surface area contributed by atoms with Crippen molar-refractivity contribution in [1.29, 1.82) is 0 Å². The highest BCUT2D eigenvalue weighted by molar-refractivity contribution is 6.30. The zero-order valence-electron chi connectivity index (χ0n) is 9.64. The van der Waals surface area contributed by atoms with Gasteiger partial charge >= 0.3 is 0 Å². The number of nitrogen functional groups attached to an aromatic ring is 1. The number of hydrogen-bond acceptors (Lipinski definition) is 4. The van der Waals surface area contributed by atoms with Gasteiger partial charge in [-0.05, 0) is 18.2 Å². The maximum absolute atomic E-state index is 13.7. The minimum Gasteiger partial charge on any atom is -0.382 e. The number of benzene rings is 1. The summed E-state index contributed by atoms with van der Waals surface area (Å²) in [7, 11) is 0. The molecule has 5 nitrogen and oxygen atoms in total. The summed E-state index contributed by atoms with van der Waals surface area (Å²) in [6, 6.07) is 4.34. The number of halogens is 2. The van der Waals surface area contributed by atoms with E-state index in [4.69, 9.17) is 17.3 Å². The summed E-state index contributed by atoms with van der Waals surface area (Å²) in [6.45, 7) is 0. The van der Waals surface area contributed by atoms with Gasteiger partial charge in [0, 0.05) is 17.4 Å². The predicted octanol–water partition coefficient (Wildman–Crippen LogP) is 2.85. The molecule has 2 aromatic heterocycles. The second kappa shape index (κ2) is 4.40. The Morgan fingerprint density at radius 2 is 2.21 bits per heavy atom. The molecule has 2 heterocycles. The molecule has 0 fully saturated rings. The van der Waals surface area contributed by atoms with E-state index in [9.17, 15) is 4.39 Å². The van der Waals surface area contributed by atoms with Crippen molar-refractivity contribution in [2.45, 2.75) is 0 Å². The third-order valence-electron chi connectivity index (χ3n) is 2.58. The Kier molecular flexibility index (Phi) is 2.72. The summed E-state index contributed by atoms with van der Waals surface area (Å²) in [5.74, 6) is 0.218. The number of nitrogens with two attached hydrogens (primary N) is 1. The second-order valence-electron chi connectivity index (χ2n) is 3.92. The minimum absolute atomic E-state index is 0.257. The van der Waals surface area contributed by atoms with E-state index in [2.05, 4.69) is 15.3 Å². The van der Waals surface area contributed by atoms with Gasteiger partial charge in [0.2, 0.25) is 0 Å². The third-order valence-corrected chi connectivity index (χ3v) is 2.81. The molecule has 0 aliphatic rings. The summed E-state index contributed by atoms with van der Waals surface area (Å²) < 4.78 is 15.4. The average Bonchev–Trinajstić information content (AvgIpc) is 2.80. The highest BCUT2D eigenvalue weighted by Crippen LogP contribution is 2.24. The Hall–Kier alpha value is -2.34. The molecule has 7 heteroatoms. The van der Waals surface area contributed by atoms with Gasteiger partial charge in [0.1, 0.15) is 11.6 Å². The van der Waals surface area contributed by atoms with E-state index >= 15 is 0 Å². The Balaban J connectivity index is 2.07. The van der Waals surface area contributed by atoms with Crippen molar-refractivity contribution in [3.8, 4) is 0 Å². The Morgan fingerprint density at radius 3 is 3.00 bits per heavy atom. The van der Waals surface area contributed by atoms with E-state index in [1.807, 2.05) is 0 Å². The van der Waals surface area contributed by atoms with Crippen LogP contribution < -0.4 is 11.1 Å². The molecule has 3 aromatic rings. The van der Waals surface area contributed by atoms with Gasteiger partial charge in [0.05, 0.1) is 11.9 Å². The minimum atomic E-state index is -0.471. The maximum atomic E-state index is 13.7. The highest BCUT2D eigenvalue weighted by Gasteiger charge is 2.09. The van der Waals surface area contributed by atoms with Crippen LogP contribution in [0.5, 0.6) is 0 Å². The van der Waals surface area contributed by atoms with Crippen LogP contribution in [-0.2, 0) is 0 Å². The molecule has 0 spiro atoms. The smallest absolute Gasteiger partial charge is 0.180 e. The lowest BCUT2D eigenvalue weighted by molar-refractivity contribution is 0.632. The first-order chi connectivity index (χ1) is 9.13. The number of aromatic nitrogens is 3. The molecule has 0 bridgehead atoms. The summed E-state index contributed by atoms with van der Waals surface area (Å²) in [4.78, 5) is 8.25. The lowest BCUT2D eigenvalue weighted by atomic mass is 10.3. The van der Waals surface area contributed by atoms with E-state index in [0.29, 0.717) is 22.3 Å². The number of nitrogens with one attached hydrogen (secondary N) is 1. The third kappa shape index (κ3) is 2.17.